The van der Waals surface area contributed by atoms with Crippen LogP contribution in [-0.2, 0) is 24.0 Å². The summed E-state index contributed by atoms with van der Waals surface area (Å²) in [6.45, 7) is 1.96. The summed E-state index contributed by atoms with van der Waals surface area (Å²) in [5.41, 5.74) is 4.42. The number of nitrogens with one attached hydrogen (secondary N) is 2. The zero-order valence-electron chi connectivity index (χ0n) is 9.94. The van der Waals surface area contributed by atoms with Crippen LogP contribution in [0, 0.1) is 0 Å². The Kier molecular flexibility index (Phi) is 2.52. The first-order valence-electron chi connectivity index (χ1n) is 6.27. The molecule has 0 saturated carbocycles. The molecule has 0 atom stereocenters. The van der Waals surface area contributed by atoms with Crippen molar-refractivity contribution in [1.82, 2.24) is 10.3 Å². The Hall–Kier alpha value is -0.800. The maximum atomic E-state index is 5.63. The first-order chi connectivity index (χ1) is 7.81. The molecule has 1 aliphatic carbocycles. The number of ether oxygens (including phenoxy) is 1. The second-order valence-corrected chi connectivity index (χ2v) is 5.17. The van der Waals surface area contributed by atoms with Crippen molar-refractivity contribution in [2.75, 3.05) is 20.2 Å². The fraction of sp³-hybridized carbons (Fsp3) is 0.692. The maximum Gasteiger partial charge on any atom is 0.0980 e. The minimum atomic E-state index is 0.0491. The molecule has 1 saturated heterocycles. The van der Waals surface area contributed by atoms with Crippen molar-refractivity contribution >= 4 is 0 Å². The van der Waals surface area contributed by atoms with E-state index in [1.807, 2.05) is 7.11 Å². The van der Waals surface area contributed by atoms with Gasteiger partial charge in [-0.2, -0.15) is 0 Å². The first-order valence-corrected chi connectivity index (χ1v) is 6.27. The Morgan fingerprint density at radius 1 is 1.31 bits per heavy atom. The number of aryl methyl sites for hydroxylation is 2. The molecular formula is C13H20N2O. The van der Waals surface area contributed by atoms with E-state index in [0.29, 0.717) is 0 Å². The Bertz CT molecular complexity index is 350. The molecular weight excluding hydrogens is 200 g/mol. The monoisotopic (exact) mass is 220 g/mol. The SMILES string of the molecule is COC1(Cc2cc3c([nH]2)CCCC3)CNC1. The van der Waals surface area contributed by atoms with E-state index in [4.69, 9.17) is 4.74 Å². The van der Waals surface area contributed by atoms with E-state index in [2.05, 4.69) is 16.4 Å². The number of hydrogen-bond donors (Lipinski definition) is 2. The average molecular weight is 220 g/mol. The molecule has 88 valence electrons. The third kappa shape index (κ3) is 1.68. The minimum absolute atomic E-state index is 0.0491. The molecule has 2 aliphatic rings. The third-order valence-electron chi connectivity index (χ3n) is 4.01. The molecule has 2 heterocycles. The van der Waals surface area contributed by atoms with Crippen molar-refractivity contribution in [3.05, 3.63) is 23.0 Å². The fourth-order valence-corrected chi connectivity index (χ4v) is 2.86. The highest BCUT2D eigenvalue weighted by molar-refractivity contribution is 5.29. The van der Waals surface area contributed by atoms with Crippen LogP contribution in [0.5, 0.6) is 0 Å². The molecule has 0 spiro atoms. The lowest BCUT2D eigenvalue weighted by atomic mass is 9.91. The van der Waals surface area contributed by atoms with Crippen LogP contribution >= 0.6 is 0 Å². The highest BCUT2D eigenvalue weighted by atomic mass is 16.5. The van der Waals surface area contributed by atoms with Gasteiger partial charge in [0.05, 0.1) is 5.60 Å². The van der Waals surface area contributed by atoms with Crippen LogP contribution in [0.4, 0.5) is 0 Å². The molecule has 0 amide bonds. The number of aromatic amines is 1. The number of H-pyrrole nitrogens is 1. The molecule has 2 N–H and O–H groups in total. The highest BCUT2D eigenvalue weighted by Crippen LogP contribution is 2.26. The van der Waals surface area contributed by atoms with Crippen LogP contribution in [0.25, 0.3) is 0 Å². The lowest BCUT2D eigenvalue weighted by Gasteiger charge is -2.41. The van der Waals surface area contributed by atoms with E-state index in [1.54, 1.807) is 5.56 Å². The lowest BCUT2D eigenvalue weighted by molar-refractivity contribution is -0.0508. The minimum Gasteiger partial charge on any atom is -0.375 e. The van der Waals surface area contributed by atoms with Gasteiger partial charge in [-0.3, -0.25) is 0 Å². The van der Waals surface area contributed by atoms with E-state index < -0.39 is 0 Å². The highest BCUT2D eigenvalue weighted by Gasteiger charge is 2.37. The zero-order chi connectivity index (χ0) is 11.0. The van der Waals surface area contributed by atoms with Gasteiger partial charge in [-0.05, 0) is 37.3 Å². The van der Waals surface area contributed by atoms with Crippen molar-refractivity contribution in [2.24, 2.45) is 0 Å². The molecule has 0 aromatic carbocycles. The number of hydrogen-bond acceptors (Lipinski definition) is 2. The topological polar surface area (TPSA) is 37.0 Å². The summed E-state index contributed by atoms with van der Waals surface area (Å²) in [5.74, 6) is 0. The van der Waals surface area contributed by atoms with Crippen molar-refractivity contribution in [2.45, 2.75) is 37.7 Å². The number of methoxy groups -OCH3 is 1. The van der Waals surface area contributed by atoms with Gasteiger partial charge in [-0.15, -0.1) is 0 Å². The van der Waals surface area contributed by atoms with Gasteiger partial charge in [-0.25, -0.2) is 0 Å². The standard InChI is InChI=1S/C13H20N2O/c1-16-13(8-14-9-13)7-11-6-10-4-2-3-5-12(10)15-11/h6,14-15H,2-5,7-9H2,1H3. The summed E-state index contributed by atoms with van der Waals surface area (Å²) in [5, 5.41) is 3.30. The first kappa shape index (κ1) is 10.4. The predicted molar refractivity (Wildman–Crippen MR) is 63.7 cm³/mol. The average Bonchev–Trinajstić information content (AvgIpc) is 2.65. The Morgan fingerprint density at radius 2 is 2.12 bits per heavy atom. The zero-order valence-corrected chi connectivity index (χ0v) is 9.94. The third-order valence-corrected chi connectivity index (χ3v) is 4.01. The van der Waals surface area contributed by atoms with Gasteiger partial charge >= 0.3 is 0 Å². The van der Waals surface area contributed by atoms with Gasteiger partial charge < -0.3 is 15.0 Å². The molecule has 3 rings (SSSR count). The van der Waals surface area contributed by atoms with Gasteiger partial charge in [-0.1, -0.05) is 0 Å². The normalized spacial score (nSPS) is 22.6. The van der Waals surface area contributed by atoms with Crippen LogP contribution < -0.4 is 5.32 Å². The van der Waals surface area contributed by atoms with Crippen LogP contribution in [0.3, 0.4) is 0 Å². The molecule has 16 heavy (non-hydrogen) atoms. The number of rotatable bonds is 3. The van der Waals surface area contributed by atoms with Crippen LogP contribution in [0.15, 0.2) is 6.07 Å². The van der Waals surface area contributed by atoms with E-state index in [9.17, 15) is 0 Å². The molecule has 0 radical (unpaired) electrons. The van der Waals surface area contributed by atoms with Gasteiger partial charge in [0.15, 0.2) is 0 Å². The molecule has 3 nitrogen and oxygen atoms in total. The number of aromatic nitrogens is 1. The van der Waals surface area contributed by atoms with Crippen molar-refractivity contribution in [3.63, 3.8) is 0 Å². The summed E-state index contributed by atoms with van der Waals surface area (Å²) in [7, 11) is 1.82. The van der Waals surface area contributed by atoms with Gasteiger partial charge in [0.1, 0.15) is 0 Å². The summed E-state index contributed by atoms with van der Waals surface area (Å²) in [6.07, 6.45) is 6.19. The molecule has 1 aromatic rings. The van der Waals surface area contributed by atoms with Gasteiger partial charge in [0.2, 0.25) is 0 Å². The molecule has 1 aliphatic heterocycles. The van der Waals surface area contributed by atoms with E-state index in [0.717, 1.165) is 19.5 Å². The van der Waals surface area contributed by atoms with E-state index in [-0.39, 0.29) is 5.60 Å². The summed E-state index contributed by atoms with van der Waals surface area (Å²) in [4.78, 5) is 3.58. The number of fused-ring (bicyclic) bond motifs is 1. The fourth-order valence-electron chi connectivity index (χ4n) is 2.86. The molecule has 0 unspecified atom stereocenters. The summed E-state index contributed by atoms with van der Waals surface area (Å²) in [6, 6.07) is 2.35. The molecule has 3 heteroatoms. The van der Waals surface area contributed by atoms with Crippen LogP contribution in [0.1, 0.15) is 29.8 Å². The second-order valence-electron chi connectivity index (χ2n) is 5.17. The summed E-state index contributed by atoms with van der Waals surface area (Å²) >= 11 is 0. The Balaban J connectivity index is 1.77. The van der Waals surface area contributed by atoms with Crippen molar-refractivity contribution in [1.29, 1.82) is 0 Å². The second kappa shape index (κ2) is 3.90. The molecule has 1 fully saturated rings. The van der Waals surface area contributed by atoms with Crippen LogP contribution in [0.2, 0.25) is 0 Å². The largest absolute Gasteiger partial charge is 0.375 e. The van der Waals surface area contributed by atoms with Gasteiger partial charge in [0.25, 0.3) is 0 Å². The quantitative estimate of drug-likeness (QED) is 0.808. The predicted octanol–water partition coefficient (Wildman–Crippen LogP) is 1.42. The van der Waals surface area contributed by atoms with Crippen molar-refractivity contribution < 1.29 is 4.74 Å². The van der Waals surface area contributed by atoms with Crippen LogP contribution in [-0.4, -0.2) is 30.8 Å². The van der Waals surface area contributed by atoms with Crippen molar-refractivity contribution in [3.8, 4) is 0 Å². The van der Waals surface area contributed by atoms with Gasteiger partial charge in [0, 0.05) is 38.0 Å². The molecule has 1 aromatic heterocycles. The Morgan fingerprint density at radius 3 is 2.75 bits per heavy atom. The smallest absolute Gasteiger partial charge is 0.0980 e. The maximum absolute atomic E-state index is 5.63. The Labute approximate surface area is 96.6 Å². The van der Waals surface area contributed by atoms with E-state index in [1.165, 1.54) is 37.1 Å². The summed E-state index contributed by atoms with van der Waals surface area (Å²) < 4.78 is 5.63. The van der Waals surface area contributed by atoms with E-state index >= 15 is 0 Å². The molecule has 0 bridgehead atoms. The lowest BCUT2D eigenvalue weighted by Crippen LogP contribution is -2.61.